The number of nitrogens with zero attached hydrogens (tertiary/aromatic N) is 3. The van der Waals surface area contributed by atoms with Crippen molar-refractivity contribution in [3.63, 3.8) is 0 Å². The fourth-order valence-electron chi connectivity index (χ4n) is 1.75. The topological polar surface area (TPSA) is 99.3 Å². The predicted molar refractivity (Wildman–Crippen MR) is 75.8 cm³/mol. The van der Waals surface area contributed by atoms with E-state index in [1.165, 1.54) is 23.9 Å². The molecule has 0 saturated carbocycles. The summed E-state index contributed by atoms with van der Waals surface area (Å²) in [5.74, 6) is -0.316. The zero-order chi connectivity index (χ0) is 16.0. The predicted octanol–water partition coefficient (Wildman–Crippen LogP) is -1.32. The van der Waals surface area contributed by atoms with Gasteiger partial charge in [-0.3, -0.25) is 4.79 Å². The Morgan fingerprint density at radius 1 is 1.14 bits per heavy atom. The SMILES string of the molecule is CCOC(=O)N1CCN(C(=O)CNS(=O)(=O)N(C)C)CC1. The van der Waals surface area contributed by atoms with E-state index in [9.17, 15) is 18.0 Å². The second-order valence-electron chi connectivity index (χ2n) is 4.68. The van der Waals surface area contributed by atoms with Crippen LogP contribution in [0.3, 0.4) is 0 Å². The van der Waals surface area contributed by atoms with Crippen LogP contribution in [0.2, 0.25) is 0 Å². The summed E-state index contributed by atoms with van der Waals surface area (Å²) >= 11 is 0. The normalized spacial score (nSPS) is 16.2. The van der Waals surface area contributed by atoms with Crippen molar-refractivity contribution < 1.29 is 22.7 Å². The molecular formula is C11H22N4O5S. The Balaban J connectivity index is 2.41. The van der Waals surface area contributed by atoms with E-state index in [4.69, 9.17) is 4.74 Å². The number of hydrogen-bond acceptors (Lipinski definition) is 5. The third-order valence-corrected chi connectivity index (χ3v) is 4.52. The van der Waals surface area contributed by atoms with Crippen LogP contribution in [0.5, 0.6) is 0 Å². The summed E-state index contributed by atoms with van der Waals surface area (Å²) in [6.45, 7) is 3.23. The molecular weight excluding hydrogens is 300 g/mol. The van der Waals surface area contributed by atoms with Gasteiger partial charge in [-0.05, 0) is 6.92 Å². The van der Waals surface area contributed by atoms with Crippen LogP contribution in [-0.2, 0) is 19.7 Å². The first-order valence-electron chi connectivity index (χ1n) is 6.64. The number of carbonyl (C=O) groups excluding carboxylic acids is 2. The van der Waals surface area contributed by atoms with E-state index in [1.807, 2.05) is 0 Å². The van der Waals surface area contributed by atoms with Crippen molar-refractivity contribution in [2.24, 2.45) is 0 Å². The molecule has 0 atom stereocenters. The highest BCUT2D eigenvalue weighted by Gasteiger charge is 2.25. The molecule has 1 saturated heterocycles. The first-order chi connectivity index (χ1) is 9.77. The van der Waals surface area contributed by atoms with E-state index in [0.717, 1.165) is 4.31 Å². The summed E-state index contributed by atoms with van der Waals surface area (Å²) in [4.78, 5) is 26.5. The highest BCUT2D eigenvalue weighted by molar-refractivity contribution is 7.87. The molecule has 0 spiro atoms. The first-order valence-corrected chi connectivity index (χ1v) is 8.08. The summed E-state index contributed by atoms with van der Waals surface area (Å²) in [5.41, 5.74) is 0. The van der Waals surface area contributed by atoms with E-state index >= 15 is 0 Å². The van der Waals surface area contributed by atoms with Crippen LogP contribution in [0.1, 0.15) is 6.92 Å². The van der Waals surface area contributed by atoms with Gasteiger partial charge in [-0.1, -0.05) is 0 Å². The maximum atomic E-state index is 11.9. The number of carbonyl (C=O) groups is 2. The fourth-order valence-corrected chi connectivity index (χ4v) is 2.31. The van der Waals surface area contributed by atoms with Crippen molar-refractivity contribution in [2.45, 2.75) is 6.92 Å². The minimum Gasteiger partial charge on any atom is -0.450 e. The van der Waals surface area contributed by atoms with Gasteiger partial charge >= 0.3 is 6.09 Å². The van der Waals surface area contributed by atoms with Gasteiger partial charge in [0.2, 0.25) is 5.91 Å². The second-order valence-corrected chi connectivity index (χ2v) is 6.64. The Morgan fingerprint density at radius 2 is 1.67 bits per heavy atom. The van der Waals surface area contributed by atoms with E-state index < -0.39 is 16.3 Å². The molecule has 21 heavy (non-hydrogen) atoms. The monoisotopic (exact) mass is 322 g/mol. The summed E-state index contributed by atoms with van der Waals surface area (Å²) in [7, 11) is -0.852. The van der Waals surface area contributed by atoms with Gasteiger partial charge in [0.05, 0.1) is 13.2 Å². The van der Waals surface area contributed by atoms with Gasteiger partial charge in [0.25, 0.3) is 10.2 Å². The fraction of sp³-hybridized carbons (Fsp3) is 0.818. The minimum atomic E-state index is -3.61. The highest BCUT2D eigenvalue weighted by Crippen LogP contribution is 2.04. The van der Waals surface area contributed by atoms with Crippen molar-refractivity contribution in [3.8, 4) is 0 Å². The molecule has 0 aromatic rings. The number of ether oxygens (including phenoxy) is 1. The van der Waals surface area contributed by atoms with Crippen LogP contribution in [-0.4, -0.2) is 87.9 Å². The van der Waals surface area contributed by atoms with Crippen molar-refractivity contribution >= 4 is 22.2 Å². The van der Waals surface area contributed by atoms with E-state index in [0.29, 0.717) is 32.8 Å². The summed E-state index contributed by atoms with van der Waals surface area (Å²) in [6, 6.07) is 0. The summed E-state index contributed by atoms with van der Waals surface area (Å²) in [6.07, 6.45) is -0.391. The molecule has 1 aliphatic heterocycles. The standard InChI is InChI=1S/C11H22N4O5S/c1-4-20-11(17)15-7-5-14(6-8-15)10(16)9-12-21(18,19)13(2)3/h12H,4-9H2,1-3H3. The third-order valence-electron chi connectivity index (χ3n) is 3.04. The number of piperazine rings is 1. The van der Waals surface area contributed by atoms with Gasteiger partial charge in [-0.25, -0.2) is 4.79 Å². The number of amides is 2. The lowest BCUT2D eigenvalue weighted by Gasteiger charge is -2.34. The Morgan fingerprint density at radius 3 is 2.14 bits per heavy atom. The van der Waals surface area contributed by atoms with Crippen molar-refractivity contribution in [1.29, 1.82) is 0 Å². The molecule has 1 N–H and O–H groups in total. The van der Waals surface area contributed by atoms with Gasteiger partial charge < -0.3 is 14.5 Å². The van der Waals surface area contributed by atoms with Crippen LogP contribution in [0, 0.1) is 0 Å². The molecule has 0 bridgehead atoms. The van der Waals surface area contributed by atoms with E-state index in [-0.39, 0.29) is 12.5 Å². The average Bonchev–Trinajstić information content (AvgIpc) is 2.45. The van der Waals surface area contributed by atoms with Crippen LogP contribution in [0.25, 0.3) is 0 Å². The molecule has 122 valence electrons. The Labute approximate surface area is 125 Å². The molecule has 9 nitrogen and oxygen atoms in total. The molecule has 0 aromatic heterocycles. The summed E-state index contributed by atoms with van der Waals surface area (Å²) in [5, 5.41) is 0. The molecule has 0 radical (unpaired) electrons. The number of rotatable bonds is 5. The molecule has 1 aliphatic rings. The van der Waals surface area contributed by atoms with Gasteiger partial charge in [0.15, 0.2) is 0 Å². The lowest BCUT2D eigenvalue weighted by atomic mass is 10.3. The zero-order valence-corrected chi connectivity index (χ0v) is 13.4. The molecule has 1 fully saturated rings. The molecule has 0 aromatic carbocycles. The Hall–Kier alpha value is -1.39. The van der Waals surface area contributed by atoms with Gasteiger partial charge in [-0.15, -0.1) is 0 Å². The lowest BCUT2D eigenvalue weighted by Crippen LogP contribution is -2.53. The van der Waals surface area contributed by atoms with Crippen molar-refractivity contribution in [3.05, 3.63) is 0 Å². The molecule has 0 aliphatic carbocycles. The van der Waals surface area contributed by atoms with E-state index in [2.05, 4.69) is 4.72 Å². The Bertz CT molecular complexity index is 471. The highest BCUT2D eigenvalue weighted by atomic mass is 32.2. The summed E-state index contributed by atoms with van der Waals surface area (Å²) < 4.78 is 31.1. The van der Waals surface area contributed by atoms with Crippen molar-refractivity contribution in [2.75, 3.05) is 53.4 Å². The smallest absolute Gasteiger partial charge is 0.409 e. The lowest BCUT2D eigenvalue weighted by molar-refractivity contribution is -0.131. The maximum Gasteiger partial charge on any atom is 0.409 e. The first kappa shape index (κ1) is 17.7. The van der Waals surface area contributed by atoms with Crippen LogP contribution < -0.4 is 4.72 Å². The number of hydrogen-bond donors (Lipinski definition) is 1. The molecule has 0 unspecified atom stereocenters. The molecule has 1 heterocycles. The van der Waals surface area contributed by atoms with Crippen LogP contribution >= 0.6 is 0 Å². The molecule has 1 rings (SSSR count). The van der Waals surface area contributed by atoms with E-state index in [1.54, 1.807) is 6.92 Å². The molecule has 10 heteroatoms. The zero-order valence-electron chi connectivity index (χ0n) is 12.5. The van der Waals surface area contributed by atoms with Gasteiger partial charge in [-0.2, -0.15) is 17.4 Å². The van der Waals surface area contributed by atoms with Crippen LogP contribution in [0.15, 0.2) is 0 Å². The quantitative estimate of drug-likeness (QED) is 0.677. The number of nitrogens with one attached hydrogen (secondary N) is 1. The van der Waals surface area contributed by atoms with Crippen LogP contribution in [0.4, 0.5) is 4.79 Å². The second kappa shape index (κ2) is 7.57. The van der Waals surface area contributed by atoms with Gasteiger partial charge in [0, 0.05) is 40.3 Å². The maximum absolute atomic E-state index is 11.9. The Kier molecular flexibility index (Phi) is 6.37. The molecule has 2 amide bonds. The van der Waals surface area contributed by atoms with Gasteiger partial charge in [0.1, 0.15) is 0 Å². The van der Waals surface area contributed by atoms with Crippen molar-refractivity contribution in [1.82, 2.24) is 18.8 Å². The third kappa shape index (κ3) is 5.14. The minimum absolute atomic E-state index is 0.292. The average molecular weight is 322 g/mol. The largest absolute Gasteiger partial charge is 0.450 e.